The van der Waals surface area contributed by atoms with Gasteiger partial charge in [-0.15, -0.1) is 12.4 Å². The number of carbonyl (C=O) groups excluding carboxylic acids is 1. The van der Waals surface area contributed by atoms with Crippen molar-refractivity contribution >= 4 is 18.3 Å². The maximum atomic E-state index is 12.1. The first-order chi connectivity index (χ1) is 8.34. The van der Waals surface area contributed by atoms with Crippen molar-refractivity contribution in [2.45, 2.75) is 65.3 Å². The molecule has 0 aromatic heterocycles. The fourth-order valence-electron chi connectivity index (χ4n) is 3.25. The number of carbonyl (C=O) groups is 1. The van der Waals surface area contributed by atoms with Crippen LogP contribution in [0.15, 0.2) is 0 Å². The quantitative estimate of drug-likeness (QED) is 0.790. The molecule has 3 N–H and O–H groups in total. The minimum absolute atomic E-state index is 0. The molecule has 3 unspecified atom stereocenters. The van der Waals surface area contributed by atoms with E-state index in [-0.39, 0.29) is 23.9 Å². The molecule has 0 heterocycles. The number of amides is 1. The van der Waals surface area contributed by atoms with E-state index in [1.165, 1.54) is 19.3 Å². The van der Waals surface area contributed by atoms with Gasteiger partial charge in [0.25, 0.3) is 0 Å². The van der Waals surface area contributed by atoms with Crippen LogP contribution in [0.1, 0.15) is 59.8 Å². The number of hydrogen-bond donors (Lipinski definition) is 2. The van der Waals surface area contributed by atoms with Gasteiger partial charge in [0, 0.05) is 18.5 Å². The Bertz CT molecular complexity index is 283. The van der Waals surface area contributed by atoms with Crippen LogP contribution in [-0.4, -0.2) is 18.0 Å². The Hall–Kier alpha value is -0.280. The van der Waals surface area contributed by atoms with E-state index in [0.29, 0.717) is 24.8 Å². The third-order valence-corrected chi connectivity index (χ3v) is 4.03. The highest BCUT2D eigenvalue weighted by Gasteiger charge is 2.28. The van der Waals surface area contributed by atoms with Gasteiger partial charge in [0.05, 0.1) is 0 Å². The zero-order chi connectivity index (χ0) is 13.8. The van der Waals surface area contributed by atoms with Crippen LogP contribution < -0.4 is 11.1 Å². The molecular weight excluding hydrogens is 260 g/mol. The molecule has 0 spiro atoms. The summed E-state index contributed by atoms with van der Waals surface area (Å²) in [7, 11) is 0. The minimum atomic E-state index is -0.241. The van der Waals surface area contributed by atoms with E-state index in [1.807, 2.05) is 0 Å². The van der Waals surface area contributed by atoms with E-state index >= 15 is 0 Å². The van der Waals surface area contributed by atoms with Crippen molar-refractivity contribution in [3.63, 3.8) is 0 Å². The van der Waals surface area contributed by atoms with E-state index in [9.17, 15) is 4.79 Å². The fourth-order valence-corrected chi connectivity index (χ4v) is 3.25. The Labute approximate surface area is 124 Å². The Balaban J connectivity index is 0.00000324. The molecule has 0 aromatic rings. The van der Waals surface area contributed by atoms with E-state index in [1.54, 1.807) is 0 Å². The van der Waals surface area contributed by atoms with Gasteiger partial charge in [0.15, 0.2) is 0 Å². The molecule has 0 aromatic carbocycles. The first kappa shape index (κ1) is 18.7. The van der Waals surface area contributed by atoms with Gasteiger partial charge >= 0.3 is 0 Å². The average Bonchev–Trinajstić information content (AvgIpc) is 2.62. The second-order valence-corrected chi connectivity index (χ2v) is 6.90. The normalized spacial score (nSPS) is 25.8. The van der Waals surface area contributed by atoms with Crippen molar-refractivity contribution in [2.75, 3.05) is 6.54 Å². The van der Waals surface area contributed by atoms with Gasteiger partial charge in [0.1, 0.15) is 0 Å². The molecule has 0 radical (unpaired) electrons. The van der Waals surface area contributed by atoms with Gasteiger partial charge < -0.3 is 11.1 Å². The van der Waals surface area contributed by atoms with Gasteiger partial charge in [-0.3, -0.25) is 4.79 Å². The summed E-state index contributed by atoms with van der Waals surface area (Å²) in [6.07, 6.45) is 5.31. The van der Waals surface area contributed by atoms with Crippen LogP contribution in [0.25, 0.3) is 0 Å². The summed E-state index contributed by atoms with van der Waals surface area (Å²) < 4.78 is 0. The van der Waals surface area contributed by atoms with Crippen LogP contribution in [0.3, 0.4) is 0 Å². The number of halogens is 1. The lowest BCUT2D eigenvalue weighted by Crippen LogP contribution is -2.52. The third kappa shape index (κ3) is 6.62. The van der Waals surface area contributed by atoms with E-state index < -0.39 is 0 Å². The minimum Gasteiger partial charge on any atom is -0.350 e. The zero-order valence-corrected chi connectivity index (χ0v) is 13.7. The van der Waals surface area contributed by atoms with Crippen LogP contribution in [0.4, 0.5) is 0 Å². The van der Waals surface area contributed by atoms with Crippen LogP contribution in [-0.2, 0) is 4.79 Å². The zero-order valence-electron chi connectivity index (χ0n) is 12.9. The summed E-state index contributed by atoms with van der Waals surface area (Å²) in [5.41, 5.74) is 5.58. The Morgan fingerprint density at radius 2 is 2.05 bits per heavy atom. The largest absolute Gasteiger partial charge is 0.350 e. The molecule has 1 amide bonds. The highest BCUT2D eigenvalue weighted by Crippen LogP contribution is 2.32. The molecule has 4 heteroatoms. The second-order valence-electron chi connectivity index (χ2n) is 6.90. The van der Waals surface area contributed by atoms with Crippen LogP contribution in [0, 0.1) is 17.8 Å². The lowest BCUT2D eigenvalue weighted by molar-refractivity contribution is -0.123. The van der Waals surface area contributed by atoms with Crippen molar-refractivity contribution < 1.29 is 4.79 Å². The summed E-state index contributed by atoms with van der Waals surface area (Å²) in [4.78, 5) is 12.1. The highest BCUT2D eigenvalue weighted by molar-refractivity contribution is 5.85. The summed E-state index contributed by atoms with van der Waals surface area (Å²) in [5.74, 6) is 2.11. The molecule has 114 valence electrons. The van der Waals surface area contributed by atoms with Gasteiger partial charge in [-0.1, -0.05) is 27.2 Å². The number of hydrogen-bond acceptors (Lipinski definition) is 2. The number of nitrogens with two attached hydrogens (primary N) is 1. The molecule has 0 bridgehead atoms. The molecule has 1 fully saturated rings. The third-order valence-electron chi connectivity index (χ3n) is 4.03. The number of nitrogens with one attached hydrogen (secondary N) is 1. The van der Waals surface area contributed by atoms with E-state index in [0.717, 1.165) is 12.3 Å². The average molecular weight is 291 g/mol. The van der Waals surface area contributed by atoms with E-state index in [2.05, 4.69) is 33.0 Å². The fraction of sp³-hybridized carbons (Fsp3) is 0.933. The molecule has 1 rings (SSSR count). The summed E-state index contributed by atoms with van der Waals surface area (Å²) in [6, 6.07) is 0. The molecule has 1 aliphatic rings. The first-order valence-electron chi connectivity index (χ1n) is 7.35. The van der Waals surface area contributed by atoms with Crippen LogP contribution in [0.5, 0.6) is 0 Å². The summed E-state index contributed by atoms with van der Waals surface area (Å²) in [5, 5.41) is 3.15. The lowest BCUT2D eigenvalue weighted by atomic mass is 9.90. The predicted molar refractivity (Wildman–Crippen MR) is 83.4 cm³/mol. The summed E-state index contributed by atoms with van der Waals surface area (Å²) in [6.45, 7) is 9.18. The SMILES string of the molecule is CC(C)CC(C)(CN)NC(=O)CC1CCC(C)C1.Cl. The molecule has 19 heavy (non-hydrogen) atoms. The number of rotatable bonds is 6. The Morgan fingerprint density at radius 3 is 2.47 bits per heavy atom. The standard InChI is InChI=1S/C15H30N2O.ClH/c1-11(2)9-15(4,10-16)17-14(18)8-13-6-5-12(3)7-13;/h11-13H,5-10,16H2,1-4H3,(H,17,18);1H. The van der Waals surface area contributed by atoms with Gasteiger partial charge in [-0.25, -0.2) is 0 Å². The Kier molecular flexibility index (Phi) is 7.99. The first-order valence-corrected chi connectivity index (χ1v) is 7.35. The van der Waals surface area contributed by atoms with Gasteiger partial charge in [-0.05, 0) is 43.9 Å². The topological polar surface area (TPSA) is 55.1 Å². The molecule has 3 atom stereocenters. The lowest BCUT2D eigenvalue weighted by Gasteiger charge is -2.31. The molecule has 3 nitrogen and oxygen atoms in total. The maximum absolute atomic E-state index is 12.1. The van der Waals surface area contributed by atoms with Crippen LogP contribution in [0.2, 0.25) is 0 Å². The predicted octanol–water partition coefficient (Wildman–Crippen LogP) is 3.11. The van der Waals surface area contributed by atoms with Gasteiger partial charge in [0.2, 0.25) is 5.91 Å². The second kappa shape index (κ2) is 8.11. The molecule has 0 saturated heterocycles. The van der Waals surface area contributed by atoms with E-state index in [4.69, 9.17) is 5.73 Å². The molecule has 1 saturated carbocycles. The smallest absolute Gasteiger partial charge is 0.220 e. The monoisotopic (exact) mass is 290 g/mol. The molecule has 0 aliphatic heterocycles. The maximum Gasteiger partial charge on any atom is 0.220 e. The molecular formula is C15H31ClN2O. The van der Waals surface area contributed by atoms with Crippen molar-refractivity contribution in [2.24, 2.45) is 23.5 Å². The summed E-state index contributed by atoms with van der Waals surface area (Å²) >= 11 is 0. The van der Waals surface area contributed by atoms with Gasteiger partial charge in [-0.2, -0.15) is 0 Å². The van der Waals surface area contributed by atoms with Crippen molar-refractivity contribution in [1.82, 2.24) is 5.32 Å². The van der Waals surface area contributed by atoms with Crippen molar-refractivity contribution in [1.29, 1.82) is 0 Å². The highest BCUT2D eigenvalue weighted by atomic mass is 35.5. The van der Waals surface area contributed by atoms with Crippen molar-refractivity contribution in [3.8, 4) is 0 Å². The van der Waals surface area contributed by atoms with Crippen LogP contribution >= 0.6 is 12.4 Å². The molecule has 1 aliphatic carbocycles. The Morgan fingerprint density at radius 1 is 1.42 bits per heavy atom. The van der Waals surface area contributed by atoms with Crippen molar-refractivity contribution in [3.05, 3.63) is 0 Å².